The highest BCUT2D eigenvalue weighted by Crippen LogP contribution is 2.25. The minimum Gasteiger partial charge on any atom is -0.454 e. The molecule has 2 aromatic carbocycles. The van der Waals surface area contributed by atoms with E-state index in [1.54, 1.807) is 18.2 Å². The molecule has 25 heavy (non-hydrogen) atoms. The third kappa shape index (κ3) is 4.14. The van der Waals surface area contributed by atoms with E-state index < -0.39 is 11.7 Å². The van der Waals surface area contributed by atoms with Crippen molar-refractivity contribution in [1.29, 1.82) is 5.26 Å². The van der Waals surface area contributed by atoms with Gasteiger partial charge in [0, 0.05) is 23.4 Å². The molecule has 0 saturated heterocycles. The third-order valence-electron chi connectivity index (χ3n) is 3.16. The standard InChI is InChI=1S/C18H11FN4O2/c19-14-5-15(7-16(6-14)25-17-9-21-11-22-10-17)23-18(24)13-3-1-2-12(4-13)8-20/h1-7,9-11H,(H,23,24). The van der Waals surface area contributed by atoms with Crippen LogP contribution in [-0.2, 0) is 0 Å². The normalized spacial score (nSPS) is 9.92. The van der Waals surface area contributed by atoms with Crippen molar-refractivity contribution in [2.24, 2.45) is 0 Å². The van der Waals surface area contributed by atoms with Gasteiger partial charge in [0.2, 0.25) is 0 Å². The molecular weight excluding hydrogens is 323 g/mol. The second-order valence-corrected chi connectivity index (χ2v) is 5.00. The van der Waals surface area contributed by atoms with Crippen LogP contribution in [0.3, 0.4) is 0 Å². The van der Waals surface area contributed by atoms with Crippen molar-refractivity contribution in [3.63, 3.8) is 0 Å². The van der Waals surface area contributed by atoms with Crippen LogP contribution in [0.5, 0.6) is 11.5 Å². The number of aromatic nitrogens is 2. The van der Waals surface area contributed by atoms with E-state index in [4.69, 9.17) is 10.00 Å². The number of amides is 1. The highest BCUT2D eigenvalue weighted by atomic mass is 19.1. The van der Waals surface area contributed by atoms with Crippen molar-refractivity contribution in [3.05, 3.63) is 78.1 Å². The number of carbonyl (C=O) groups is 1. The molecule has 3 rings (SSSR count). The lowest BCUT2D eigenvalue weighted by molar-refractivity contribution is 0.102. The molecule has 1 heterocycles. The van der Waals surface area contributed by atoms with Gasteiger partial charge >= 0.3 is 0 Å². The average Bonchev–Trinajstić information content (AvgIpc) is 2.62. The van der Waals surface area contributed by atoms with Gasteiger partial charge in [-0.25, -0.2) is 14.4 Å². The first kappa shape index (κ1) is 16.1. The van der Waals surface area contributed by atoms with Crippen molar-refractivity contribution in [2.45, 2.75) is 0 Å². The molecule has 1 aromatic heterocycles. The van der Waals surface area contributed by atoms with Crippen LogP contribution in [0.2, 0.25) is 0 Å². The predicted molar refractivity (Wildman–Crippen MR) is 87.6 cm³/mol. The number of nitrogens with one attached hydrogen (secondary N) is 1. The summed E-state index contributed by atoms with van der Waals surface area (Å²) >= 11 is 0. The molecule has 0 atom stereocenters. The number of rotatable bonds is 4. The van der Waals surface area contributed by atoms with Gasteiger partial charge in [-0.1, -0.05) is 6.07 Å². The number of hydrogen-bond acceptors (Lipinski definition) is 5. The Kier molecular flexibility index (Phi) is 4.62. The van der Waals surface area contributed by atoms with Gasteiger partial charge < -0.3 is 10.1 Å². The molecule has 1 N–H and O–H groups in total. The Morgan fingerprint density at radius 3 is 2.68 bits per heavy atom. The summed E-state index contributed by atoms with van der Waals surface area (Å²) in [6, 6.07) is 12.0. The first-order chi connectivity index (χ1) is 12.1. The van der Waals surface area contributed by atoms with Crippen LogP contribution in [-0.4, -0.2) is 15.9 Å². The lowest BCUT2D eigenvalue weighted by atomic mass is 10.1. The van der Waals surface area contributed by atoms with Gasteiger partial charge in [-0.3, -0.25) is 4.79 Å². The number of halogens is 1. The fourth-order valence-corrected chi connectivity index (χ4v) is 2.10. The predicted octanol–water partition coefficient (Wildman–Crippen LogP) is 3.53. The minimum absolute atomic E-state index is 0.191. The van der Waals surface area contributed by atoms with Gasteiger partial charge in [0.1, 0.15) is 17.9 Å². The van der Waals surface area contributed by atoms with Crippen molar-refractivity contribution in [2.75, 3.05) is 5.32 Å². The molecule has 0 saturated carbocycles. The summed E-state index contributed by atoms with van der Waals surface area (Å²) < 4.78 is 19.3. The van der Waals surface area contributed by atoms with Gasteiger partial charge in [-0.15, -0.1) is 0 Å². The number of nitriles is 1. The number of hydrogen-bond donors (Lipinski definition) is 1. The number of nitrogens with zero attached hydrogens (tertiary/aromatic N) is 3. The molecule has 0 aliphatic rings. The van der Waals surface area contributed by atoms with Crippen LogP contribution < -0.4 is 10.1 Å². The zero-order chi connectivity index (χ0) is 17.6. The molecule has 0 spiro atoms. The fourth-order valence-electron chi connectivity index (χ4n) is 2.10. The largest absolute Gasteiger partial charge is 0.454 e. The van der Waals surface area contributed by atoms with E-state index in [0.717, 1.165) is 0 Å². The highest BCUT2D eigenvalue weighted by Gasteiger charge is 2.10. The molecule has 7 heteroatoms. The molecule has 0 unspecified atom stereocenters. The molecule has 122 valence electrons. The summed E-state index contributed by atoms with van der Waals surface area (Å²) in [5.41, 5.74) is 0.876. The van der Waals surface area contributed by atoms with E-state index in [1.165, 1.54) is 43.0 Å². The van der Waals surface area contributed by atoms with Crippen LogP contribution in [0.4, 0.5) is 10.1 Å². The summed E-state index contributed by atoms with van der Waals surface area (Å²) in [6.07, 6.45) is 4.21. The smallest absolute Gasteiger partial charge is 0.255 e. The Morgan fingerprint density at radius 1 is 1.12 bits per heavy atom. The number of carbonyl (C=O) groups excluding carboxylic acids is 1. The SMILES string of the molecule is N#Cc1cccc(C(=O)Nc2cc(F)cc(Oc3cncnc3)c2)c1. The Labute approximate surface area is 142 Å². The van der Waals surface area contributed by atoms with Gasteiger partial charge in [0.25, 0.3) is 5.91 Å². The van der Waals surface area contributed by atoms with Crippen LogP contribution in [0, 0.1) is 17.1 Å². The summed E-state index contributed by atoms with van der Waals surface area (Å²) in [5, 5.41) is 11.5. The maximum atomic E-state index is 13.8. The summed E-state index contributed by atoms with van der Waals surface area (Å²) in [7, 11) is 0. The van der Waals surface area contributed by atoms with Gasteiger partial charge in [0.15, 0.2) is 5.75 Å². The Balaban J connectivity index is 1.80. The van der Waals surface area contributed by atoms with Crippen molar-refractivity contribution in [1.82, 2.24) is 9.97 Å². The van der Waals surface area contributed by atoms with Crippen LogP contribution in [0.1, 0.15) is 15.9 Å². The second-order valence-electron chi connectivity index (χ2n) is 5.00. The van der Waals surface area contributed by atoms with Gasteiger partial charge in [-0.2, -0.15) is 5.26 Å². The molecule has 0 aliphatic carbocycles. The molecule has 0 radical (unpaired) electrons. The second kappa shape index (κ2) is 7.19. The molecular formula is C18H11FN4O2. The number of ether oxygens (including phenoxy) is 1. The number of benzene rings is 2. The molecule has 0 fully saturated rings. The Hall–Kier alpha value is -3.79. The fraction of sp³-hybridized carbons (Fsp3) is 0. The van der Waals surface area contributed by atoms with Gasteiger partial charge in [0.05, 0.1) is 24.0 Å². The maximum absolute atomic E-state index is 13.8. The molecule has 0 bridgehead atoms. The maximum Gasteiger partial charge on any atom is 0.255 e. The lowest BCUT2D eigenvalue weighted by Gasteiger charge is -2.09. The zero-order valence-electron chi connectivity index (χ0n) is 12.8. The van der Waals surface area contributed by atoms with Crippen LogP contribution >= 0.6 is 0 Å². The summed E-state index contributed by atoms with van der Waals surface area (Å²) in [5.74, 6) is -0.505. The molecule has 6 nitrogen and oxygen atoms in total. The number of anilines is 1. The Morgan fingerprint density at radius 2 is 1.92 bits per heavy atom. The summed E-state index contributed by atoms with van der Waals surface area (Å²) in [4.78, 5) is 19.9. The molecule has 0 aliphatic heterocycles. The molecule has 3 aromatic rings. The summed E-state index contributed by atoms with van der Waals surface area (Å²) in [6.45, 7) is 0. The van der Waals surface area contributed by atoms with Crippen molar-refractivity contribution < 1.29 is 13.9 Å². The zero-order valence-corrected chi connectivity index (χ0v) is 12.8. The lowest BCUT2D eigenvalue weighted by Crippen LogP contribution is -2.12. The van der Waals surface area contributed by atoms with E-state index in [1.807, 2.05) is 6.07 Å². The Bertz CT molecular complexity index is 955. The minimum atomic E-state index is -0.574. The van der Waals surface area contributed by atoms with Gasteiger partial charge in [-0.05, 0) is 24.3 Å². The van der Waals surface area contributed by atoms with E-state index in [-0.39, 0.29) is 11.4 Å². The monoisotopic (exact) mass is 334 g/mol. The highest BCUT2D eigenvalue weighted by molar-refractivity contribution is 6.04. The van der Waals surface area contributed by atoms with Crippen molar-refractivity contribution >= 4 is 11.6 Å². The van der Waals surface area contributed by atoms with E-state index in [0.29, 0.717) is 16.9 Å². The van der Waals surface area contributed by atoms with E-state index in [9.17, 15) is 9.18 Å². The quantitative estimate of drug-likeness (QED) is 0.788. The third-order valence-corrected chi connectivity index (χ3v) is 3.16. The first-order valence-corrected chi connectivity index (χ1v) is 7.19. The average molecular weight is 334 g/mol. The van der Waals surface area contributed by atoms with E-state index in [2.05, 4.69) is 15.3 Å². The molecule has 1 amide bonds. The van der Waals surface area contributed by atoms with Crippen molar-refractivity contribution in [3.8, 4) is 17.6 Å². The topological polar surface area (TPSA) is 87.9 Å². The van der Waals surface area contributed by atoms with Crippen LogP contribution in [0.15, 0.2) is 61.2 Å². The van der Waals surface area contributed by atoms with Crippen LogP contribution in [0.25, 0.3) is 0 Å². The van der Waals surface area contributed by atoms with E-state index >= 15 is 0 Å². The first-order valence-electron chi connectivity index (χ1n) is 7.19.